The van der Waals surface area contributed by atoms with Crippen LogP contribution in [0.2, 0.25) is 0 Å². The molecule has 0 aliphatic carbocycles. The molecule has 3 rings (SSSR count). The number of nitrogens with zero attached hydrogens (tertiary/aromatic N) is 2. The van der Waals surface area contributed by atoms with Gasteiger partial charge in [-0.2, -0.15) is 17.9 Å². The van der Waals surface area contributed by atoms with Crippen molar-refractivity contribution in [3.63, 3.8) is 0 Å². The zero-order chi connectivity index (χ0) is 25.1. The summed E-state index contributed by atoms with van der Waals surface area (Å²) in [5.74, 6) is -0.680. The van der Waals surface area contributed by atoms with Crippen molar-refractivity contribution in [2.45, 2.75) is 37.9 Å². The molecule has 1 fully saturated rings. The highest BCUT2D eigenvalue weighted by Crippen LogP contribution is 2.34. The molecule has 11 heteroatoms. The van der Waals surface area contributed by atoms with Gasteiger partial charge in [0.05, 0.1) is 16.5 Å². The van der Waals surface area contributed by atoms with Crippen molar-refractivity contribution in [1.82, 2.24) is 9.62 Å². The predicted molar refractivity (Wildman–Crippen MR) is 125 cm³/mol. The number of sulfonamides is 1. The molecular formula is C23H29F3N4O3S. The predicted octanol–water partition coefficient (Wildman–Crippen LogP) is 3.46. The van der Waals surface area contributed by atoms with Gasteiger partial charge in [0.15, 0.2) is 0 Å². The van der Waals surface area contributed by atoms with Crippen LogP contribution in [-0.2, 0) is 21.0 Å². The van der Waals surface area contributed by atoms with Crippen molar-refractivity contribution >= 4 is 27.3 Å². The van der Waals surface area contributed by atoms with E-state index in [0.717, 1.165) is 56.1 Å². The van der Waals surface area contributed by atoms with E-state index < -0.39 is 38.6 Å². The van der Waals surface area contributed by atoms with E-state index in [-0.39, 0.29) is 0 Å². The topological polar surface area (TPSA) is 81.8 Å². The third kappa shape index (κ3) is 6.08. The van der Waals surface area contributed by atoms with E-state index in [2.05, 4.69) is 22.0 Å². The summed E-state index contributed by atoms with van der Waals surface area (Å²) in [4.78, 5) is 16.3. The smallest absolute Gasteiger partial charge is 0.369 e. The first kappa shape index (κ1) is 26.0. The van der Waals surface area contributed by atoms with Crippen LogP contribution in [0.3, 0.4) is 0 Å². The van der Waals surface area contributed by atoms with Gasteiger partial charge in [0.2, 0.25) is 15.9 Å². The van der Waals surface area contributed by atoms with Crippen LogP contribution in [0.1, 0.15) is 25.0 Å². The number of carbonyl (C=O) groups excluding carboxylic acids is 1. The van der Waals surface area contributed by atoms with Gasteiger partial charge in [-0.3, -0.25) is 4.79 Å². The Morgan fingerprint density at radius 2 is 1.74 bits per heavy atom. The van der Waals surface area contributed by atoms with Crippen LogP contribution < -0.4 is 14.9 Å². The lowest BCUT2D eigenvalue weighted by atomic mass is 10.1. The summed E-state index contributed by atoms with van der Waals surface area (Å²) in [6, 6.07) is 8.13. The second kappa shape index (κ2) is 10.3. The number of aryl methyl sites for hydroxylation is 1. The molecule has 0 bridgehead atoms. The summed E-state index contributed by atoms with van der Waals surface area (Å²) in [6.07, 6.45) is -4.85. The number of anilines is 2. The highest BCUT2D eigenvalue weighted by molar-refractivity contribution is 7.89. The van der Waals surface area contributed by atoms with Crippen molar-refractivity contribution in [3.8, 4) is 0 Å². The molecule has 0 unspecified atom stereocenters. The van der Waals surface area contributed by atoms with Gasteiger partial charge in [0, 0.05) is 37.6 Å². The third-order valence-electron chi connectivity index (χ3n) is 5.86. The van der Waals surface area contributed by atoms with E-state index in [1.165, 1.54) is 13.0 Å². The molecule has 1 amide bonds. The first-order valence-electron chi connectivity index (χ1n) is 11.0. The zero-order valence-electron chi connectivity index (χ0n) is 19.3. The summed E-state index contributed by atoms with van der Waals surface area (Å²) in [5.41, 5.74) is 1.04. The Labute approximate surface area is 198 Å². The van der Waals surface area contributed by atoms with Crippen LogP contribution in [0, 0.1) is 6.92 Å². The summed E-state index contributed by atoms with van der Waals surface area (Å²) in [6.45, 7) is 10.0. The molecule has 7 nitrogen and oxygen atoms in total. The van der Waals surface area contributed by atoms with Crippen molar-refractivity contribution in [1.29, 1.82) is 0 Å². The van der Waals surface area contributed by atoms with Gasteiger partial charge in [0.1, 0.15) is 0 Å². The van der Waals surface area contributed by atoms with Crippen LogP contribution in [0.4, 0.5) is 24.5 Å². The quantitative estimate of drug-likeness (QED) is 0.611. The largest absolute Gasteiger partial charge is 0.417 e. The van der Waals surface area contributed by atoms with Crippen LogP contribution >= 0.6 is 0 Å². The molecule has 1 heterocycles. The van der Waals surface area contributed by atoms with Gasteiger partial charge in [-0.05, 0) is 56.3 Å². The van der Waals surface area contributed by atoms with Crippen molar-refractivity contribution in [2.24, 2.45) is 0 Å². The van der Waals surface area contributed by atoms with E-state index in [1.807, 2.05) is 23.8 Å². The fraction of sp³-hybridized carbons (Fsp3) is 0.435. The second-order valence-corrected chi connectivity index (χ2v) is 9.93. The average molecular weight is 499 g/mol. The van der Waals surface area contributed by atoms with Crippen LogP contribution in [0.15, 0.2) is 47.4 Å². The molecule has 1 aliphatic rings. The molecule has 0 radical (unpaired) electrons. The normalized spacial score (nSPS) is 16.4. The number of halogens is 3. The minimum atomic E-state index is -4.85. The molecular weight excluding hydrogens is 469 g/mol. The number of alkyl halides is 3. The number of hydrogen-bond donors (Lipinski definition) is 2. The Bertz CT molecular complexity index is 1130. The molecule has 1 aliphatic heterocycles. The summed E-state index contributed by atoms with van der Waals surface area (Å²) in [7, 11) is -4.59. The Hall–Kier alpha value is -2.63. The van der Waals surface area contributed by atoms with Crippen molar-refractivity contribution in [3.05, 3.63) is 53.6 Å². The highest BCUT2D eigenvalue weighted by atomic mass is 32.2. The highest BCUT2D eigenvalue weighted by Gasteiger charge is 2.37. The summed E-state index contributed by atoms with van der Waals surface area (Å²) in [5, 5.41) is 2.66. The molecule has 186 valence electrons. The molecule has 2 aromatic rings. The first-order chi connectivity index (χ1) is 15.9. The van der Waals surface area contributed by atoms with E-state index in [4.69, 9.17) is 0 Å². The second-order valence-electron chi connectivity index (χ2n) is 8.25. The molecule has 2 N–H and O–H groups in total. The molecule has 34 heavy (non-hydrogen) atoms. The minimum Gasteiger partial charge on any atom is -0.369 e. The van der Waals surface area contributed by atoms with E-state index in [9.17, 15) is 26.4 Å². The van der Waals surface area contributed by atoms with Crippen LogP contribution in [0.5, 0.6) is 0 Å². The lowest BCUT2D eigenvalue weighted by molar-refractivity contribution is -0.139. The fourth-order valence-corrected chi connectivity index (χ4v) is 5.26. The summed E-state index contributed by atoms with van der Waals surface area (Å²) < 4.78 is 66.9. The third-order valence-corrected chi connectivity index (χ3v) is 7.46. The minimum absolute atomic E-state index is 0.502. The van der Waals surface area contributed by atoms with E-state index >= 15 is 0 Å². The number of hydrogen-bond acceptors (Lipinski definition) is 5. The Morgan fingerprint density at radius 1 is 1.09 bits per heavy atom. The van der Waals surface area contributed by atoms with E-state index in [0.29, 0.717) is 11.8 Å². The fourth-order valence-electron chi connectivity index (χ4n) is 3.83. The lowest BCUT2D eigenvalue weighted by Gasteiger charge is -2.35. The summed E-state index contributed by atoms with van der Waals surface area (Å²) >= 11 is 0. The Kier molecular flexibility index (Phi) is 7.89. The van der Waals surface area contributed by atoms with Crippen molar-refractivity contribution in [2.75, 3.05) is 42.9 Å². The van der Waals surface area contributed by atoms with E-state index in [1.54, 1.807) is 6.07 Å². The number of piperazine rings is 1. The molecule has 2 aromatic carbocycles. The van der Waals surface area contributed by atoms with Gasteiger partial charge < -0.3 is 15.1 Å². The van der Waals surface area contributed by atoms with Gasteiger partial charge in [-0.1, -0.05) is 19.1 Å². The zero-order valence-corrected chi connectivity index (χ0v) is 20.1. The first-order valence-corrected chi connectivity index (χ1v) is 12.5. The molecule has 0 saturated carbocycles. The number of rotatable bonds is 7. The Morgan fingerprint density at radius 3 is 2.32 bits per heavy atom. The molecule has 1 atom stereocenters. The Balaban J connectivity index is 1.68. The number of carbonyl (C=O) groups is 1. The van der Waals surface area contributed by atoms with Gasteiger partial charge >= 0.3 is 6.18 Å². The SMILES string of the molecule is CCN1CCN(c2ccc(NC(=O)[C@H](C)NS(=O)(=O)c3ccccc3C(F)(F)F)c(C)c2)CC1. The molecule has 0 aromatic heterocycles. The number of nitrogens with one attached hydrogen (secondary N) is 2. The van der Waals surface area contributed by atoms with Gasteiger partial charge in [-0.25, -0.2) is 8.42 Å². The lowest BCUT2D eigenvalue weighted by Crippen LogP contribution is -2.46. The maximum absolute atomic E-state index is 13.2. The van der Waals surface area contributed by atoms with Gasteiger partial charge in [-0.15, -0.1) is 0 Å². The number of benzene rings is 2. The molecule has 0 spiro atoms. The standard InChI is InChI=1S/C23H29F3N4O3S/c1-4-29-11-13-30(14-12-29)18-9-10-20(16(2)15-18)27-22(31)17(3)28-34(32,33)21-8-6-5-7-19(21)23(24,25)26/h5-10,15,17,28H,4,11-14H2,1-3H3,(H,27,31)/t17-/m0/s1. The monoisotopic (exact) mass is 498 g/mol. The number of amides is 1. The maximum atomic E-state index is 13.2. The van der Waals surface area contributed by atoms with Crippen molar-refractivity contribution < 1.29 is 26.4 Å². The van der Waals surface area contributed by atoms with Crippen LogP contribution in [-0.4, -0.2) is 58.0 Å². The molecule has 1 saturated heterocycles. The number of likely N-dealkylation sites (N-methyl/N-ethyl adjacent to an activating group) is 1. The maximum Gasteiger partial charge on any atom is 0.417 e. The van der Waals surface area contributed by atoms with Crippen LogP contribution in [0.25, 0.3) is 0 Å². The van der Waals surface area contributed by atoms with Gasteiger partial charge in [0.25, 0.3) is 0 Å². The average Bonchev–Trinajstić information content (AvgIpc) is 2.79.